The second-order valence-electron chi connectivity index (χ2n) is 5.47. The van der Waals surface area contributed by atoms with Crippen molar-refractivity contribution >= 4 is 27.3 Å². The van der Waals surface area contributed by atoms with Crippen LogP contribution in [0.3, 0.4) is 0 Å². The number of rotatable bonds is 3. The van der Waals surface area contributed by atoms with Crippen LogP contribution in [-0.4, -0.2) is 35.6 Å². The average molecular weight is 293 g/mol. The van der Waals surface area contributed by atoms with Crippen molar-refractivity contribution in [2.75, 3.05) is 13.6 Å². The molecule has 2 aromatic rings. The Morgan fingerprint density at radius 3 is 2.90 bits per heavy atom. The molecule has 3 rings (SSSR count). The van der Waals surface area contributed by atoms with Gasteiger partial charge in [-0.1, -0.05) is 6.07 Å². The third-order valence-corrected chi connectivity index (χ3v) is 4.87. The first-order chi connectivity index (χ1) is 9.52. The van der Waals surface area contributed by atoms with Crippen LogP contribution in [0, 0.1) is 11.7 Å². The van der Waals surface area contributed by atoms with Gasteiger partial charge in [0.1, 0.15) is 5.82 Å². The van der Waals surface area contributed by atoms with E-state index in [4.69, 9.17) is 0 Å². The highest BCUT2D eigenvalue weighted by molar-refractivity contribution is 7.20. The number of aliphatic hydroxyl groups excluding tert-OH is 1. The number of halogens is 1. The first-order valence-corrected chi connectivity index (χ1v) is 7.47. The molecule has 1 aliphatic carbocycles. The van der Waals surface area contributed by atoms with E-state index in [0.717, 1.165) is 22.9 Å². The van der Waals surface area contributed by atoms with Crippen molar-refractivity contribution in [3.05, 3.63) is 35.0 Å². The number of amides is 1. The highest BCUT2D eigenvalue weighted by atomic mass is 32.1. The van der Waals surface area contributed by atoms with Gasteiger partial charge in [0.15, 0.2) is 0 Å². The second kappa shape index (κ2) is 5.14. The van der Waals surface area contributed by atoms with E-state index in [1.807, 2.05) is 6.07 Å². The van der Waals surface area contributed by atoms with E-state index in [1.165, 1.54) is 23.5 Å². The summed E-state index contributed by atoms with van der Waals surface area (Å²) in [7, 11) is 1.78. The molecule has 1 aromatic heterocycles. The van der Waals surface area contributed by atoms with Gasteiger partial charge in [0.25, 0.3) is 5.91 Å². The Hall–Kier alpha value is -1.46. The summed E-state index contributed by atoms with van der Waals surface area (Å²) < 4.78 is 13.9. The molecule has 1 amide bonds. The van der Waals surface area contributed by atoms with Gasteiger partial charge in [0.2, 0.25) is 0 Å². The molecular weight excluding hydrogens is 277 g/mol. The van der Waals surface area contributed by atoms with Crippen LogP contribution in [0.2, 0.25) is 0 Å². The molecule has 1 saturated carbocycles. The van der Waals surface area contributed by atoms with Gasteiger partial charge in [-0.2, -0.15) is 0 Å². The maximum absolute atomic E-state index is 13.2. The Morgan fingerprint density at radius 2 is 2.20 bits per heavy atom. The van der Waals surface area contributed by atoms with Crippen molar-refractivity contribution in [3.63, 3.8) is 0 Å². The molecule has 1 aromatic carbocycles. The molecule has 0 radical (unpaired) electrons. The number of hydrogen-bond acceptors (Lipinski definition) is 3. The number of carbonyl (C=O) groups is 1. The SMILES string of the molecule is CN(CC1CC(O)C1)C(=O)c1cc2ccc(F)cc2s1. The van der Waals surface area contributed by atoms with Gasteiger partial charge in [0.05, 0.1) is 11.0 Å². The zero-order chi connectivity index (χ0) is 14.3. The van der Waals surface area contributed by atoms with Crippen LogP contribution in [-0.2, 0) is 0 Å². The van der Waals surface area contributed by atoms with Gasteiger partial charge in [-0.25, -0.2) is 4.39 Å². The second-order valence-corrected chi connectivity index (χ2v) is 6.55. The maximum Gasteiger partial charge on any atom is 0.263 e. The quantitative estimate of drug-likeness (QED) is 0.945. The lowest BCUT2D eigenvalue weighted by molar-refractivity contribution is 0.0266. The molecule has 1 fully saturated rings. The van der Waals surface area contributed by atoms with E-state index in [0.29, 0.717) is 17.3 Å². The van der Waals surface area contributed by atoms with Crippen LogP contribution < -0.4 is 0 Å². The number of benzene rings is 1. The number of nitrogens with zero attached hydrogens (tertiary/aromatic N) is 1. The van der Waals surface area contributed by atoms with Crippen LogP contribution in [0.5, 0.6) is 0 Å². The van der Waals surface area contributed by atoms with Crippen LogP contribution in [0.4, 0.5) is 4.39 Å². The lowest BCUT2D eigenvalue weighted by Crippen LogP contribution is -2.39. The van der Waals surface area contributed by atoms with E-state index in [-0.39, 0.29) is 17.8 Å². The van der Waals surface area contributed by atoms with Gasteiger partial charge < -0.3 is 10.0 Å². The van der Waals surface area contributed by atoms with Gasteiger partial charge in [0, 0.05) is 18.3 Å². The Bertz CT molecular complexity index is 648. The fraction of sp³-hybridized carbons (Fsp3) is 0.400. The van der Waals surface area contributed by atoms with Crippen molar-refractivity contribution in [3.8, 4) is 0 Å². The third-order valence-electron chi connectivity index (χ3n) is 3.78. The van der Waals surface area contributed by atoms with Crippen LogP contribution in [0.25, 0.3) is 10.1 Å². The normalized spacial score (nSPS) is 21.8. The summed E-state index contributed by atoms with van der Waals surface area (Å²) in [6, 6.07) is 6.37. The van der Waals surface area contributed by atoms with E-state index in [2.05, 4.69) is 0 Å². The summed E-state index contributed by atoms with van der Waals surface area (Å²) in [5.74, 6) is 0.0777. The predicted molar refractivity (Wildman–Crippen MR) is 77.5 cm³/mol. The zero-order valence-corrected chi connectivity index (χ0v) is 12.0. The van der Waals surface area contributed by atoms with Crippen molar-refractivity contribution in [1.29, 1.82) is 0 Å². The van der Waals surface area contributed by atoms with Gasteiger partial charge >= 0.3 is 0 Å². The Morgan fingerprint density at radius 1 is 1.45 bits per heavy atom. The van der Waals surface area contributed by atoms with Crippen molar-refractivity contribution < 1.29 is 14.3 Å². The summed E-state index contributed by atoms with van der Waals surface area (Å²) >= 11 is 1.32. The average Bonchev–Trinajstić information content (AvgIpc) is 2.78. The van der Waals surface area contributed by atoms with E-state index in [9.17, 15) is 14.3 Å². The molecule has 5 heteroatoms. The highest BCUT2D eigenvalue weighted by Gasteiger charge is 2.29. The molecule has 0 atom stereocenters. The summed E-state index contributed by atoms with van der Waals surface area (Å²) in [5.41, 5.74) is 0. The molecule has 0 bridgehead atoms. The fourth-order valence-corrected chi connectivity index (χ4v) is 3.70. The summed E-state index contributed by atoms with van der Waals surface area (Å²) in [5, 5.41) is 10.2. The summed E-state index contributed by atoms with van der Waals surface area (Å²) in [6.07, 6.45) is 1.35. The molecule has 106 valence electrons. The highest BCUT2D eigenvalue weighted by Crippen LogP contribution is 2.30. The monoisotopic (exact) mass is 293 g/mol. The largest absolute Gasteiger partial charge is 0.393 e. The maximum atomic E-state index is 13.2. The third kappa shape index (κ3) is 2.55. The number of aliphatic hydroxyl groups is 1. The van der Waals surface area contributed by atoms with Gasteiger partial charge in [-0.15, -0.1) is 11.3 Å². The van der Waals surface area contributed by atoms with Crippen LogP contribution in [0.1, 0.15) is 22.5 Å². The van der Waals surface area contributed by atoms with Crippen LogP contribution >= 0.6 is 11.3 Å². The molecule has 0 unspecified atom stereocenters. The molecular formula is C15H16FNO2S. The molecule has 20 heavy (non-hydrogen) atoms. The number of fused-ring (bicyclic) bond motifs is 1. The molecule has 0 spiro atoms. The topological polar surface area (TPSA) is 40.5 Å². The molecule has 0 saturated heterocycles. The fourth-order valence-electron chi connectivity index (χ4n) is 2.62. The summed E-state index contributed by atoms with van der Waals surface area (Å²) in [6.45, 7) is 0.665. The van der Waals surface area contributed by atoms with Crippen LogP contribution in [0.15, 0.2) is 24.3 Å². The van der Waals surface area contributed by atoms with E-state index < -0.39 is 0 Å². The van der Waals surface area contributed by atoms with E-state index in [1.54, 1.807) is 18.0 Å². The first kappa shape index (κ1) is 13.5. The van der Waals surface area contributed by atoms with Crippen molar-refractivity contribution in [2.45, 2.75) is 18.9 Å². The smallest absolute Gasteiger partial charge is 0.263 e. The number of carbonyl (C=O) groups excluding carboxylic acids is 1. The molecule has 0 aliphatic heterocycles. The molecule has 1 N–H and O–H groups in total. The molecule has 1 aliphatic rings. The van der Waals surface area contributed by atoms with Crippen molar-refractivity contribution in [2.24, 2.45) is 5.92 Å². The summed E-state index contributed by atoms with van der Waals surface area (Å²) in [4.78, 5) is 14.7. The number of thiophene rings is 1. The Labute approximate surface area is 120 Å². The van der Waals surface area contributed by atoms with Gasteiger partial charge in [-0.3, -0.25) is 4.79 Å². The molecule has 3 nitrogen and oxygen atoms in total. The molecule has 1 heterocycles. The van der Waals surface area contributed by atoms with Crippen molar-refractivity contribution in [1.82, 2.24) is 4.90 Å². The first-order valence-electron chi connectivity index (χ1n) is 6.65. The van der Waals surface area contributed by atoms with Gasteiger partial charge in [-0.05, 0) is 42.3 Å². The minimum absolute atomic E-state index is 0.0343. The minimum Gasteiger partial charge on any atom is -0.393 e. The van der Waals surface area contributed by atoms with E-state index >= 15 is 0 Å². The minimum atomic E-state index is -0.282. The Kier molecular flexibility index (Phi) is 3.48. The standard InChI is InChI=1S/C15H16FNO2S/c1-17(8-9-4-12(18)5-9)15(19)14-6-10-2-3-11(16)7-13(10)20-14/h2-3,6-7,9,12,18H,4-5,8H2,1H3. The zero-order valence-electron chi connectivity index (χ0n) is 11.2. The predicted octanol–water partition coefficient (Wildman–Crippen LogP) is 2.88. The lowest BCUT2D eigenvalue weighted by Gasteiger charge is -2.34. The Balaban J connectivity index is 1.74. The lowest BCUT2D eigenvalue weighted by atomic mass is 9.82. The number of hydrogen-bond donors (Lipinski definition) is 1.